The monoisotopic (exact) mass is 349 g/mol. The number of hydrogen-bond acceptors (Lipinski definition) is 3. The number of aromatic hydroxyl groups is 1. The minimum atomic E-state index is 0.132. The van der Waals surface area contributed by atoms with E-state index in [9.17, 15) is 5.11 Å². The van der Waals surface area contributed by atoms with Crippen molar-refractivity contribution >= 4 is 15.9 Å². The molecular weight excluding hydrogens is 330 g/mol. The zero-order valence-corrected chi connectivity index (χ0v) is 14.1. The van der Waals surface area contributed by atoms with Crippen molar-refractivity contribution in [2.24, 2.45) is 0 Å². The van der Waals surface area contributed by atoms with Crippen LogP contribution in [0.25, 0.3) is 0 Å². The summed E-state index contributed by atoms with van der Waals surface area (Å²) in [5.74, 6) is 0.608. The first-order valence-corrected chi connectivity index (χ1v) is 7.66. The summed E-state index contributed by atoms with van der Waals surface area (Å²) in [5, 5.41) is 13.3. The summed E-state index contributed by atoms with van der Waals surface area (Å²) < 4.78 is 5.80. The van der Waals surface area contributed by atoms with Crippen molar-refractivity contribution in [3.63, 3.8) is 0 Å². The van der Waals surface area contributed by atoms with Gasteiger partial charge < -0.3 is 15.2 Å². The van der Waals surface area contributed by atoms with Gasteiger partial charge in [-0.25, -0.2) is 0 Å². The molecule has 0 saturated heterocycles. The SMILES string of the molecule is COc1cc(CN[C@@H](C)c2ccc(C)cc2)cc(Br)c1O. The second-order valence-electron chi connectivity index (χ2n) is 5.14. The van der Waals surface area contributed by atoms with Crippen molar-refractivity contribution in [3.05, 3.63) is 57.6 Å². The van der Waals surface area contributed by atoms with E-state index in [-0.39, 0.29) is 11.8 Å². The number of phenols is 1. The fourth-order valence-electron chi connectivity index (χ4n) is 2.13. The van der Waals surface area contributed by atoms with Crippen molar-refractivity contribution < 1.29 is 9.84 Å². The third kappa shape index (κ3) is 3.99. The summed E-state index contributed by atoms with van der Waals surface area (Å²) in [5.41, 5.74) is 3.57. The lowest BCUT2D eigenvalue weighted by Gasteiger charge is -2.15. The Labute approximate surface area is 134 Å². The van der Waals surface area contributed by atoms with E-state index >= 15 is 0 Å². The molecule has 21 heavy (non-hydrogen) atoms. The van der Waals surface area contributed by atoms with Gasteiger partial charge in [-0.05, 0) is 53.0 Å². The van der Waals surface area contributed by atoms with E-state index in [4.69, 9.17) is 4.74 Å². The van der Waals surface area contributed by atoms with Crippen LogP contribution in [0.2, 0.25) is 0 Å². The van der Waals surface area contributed by atoms with E-state index in [0.29, 0.717) is 16.8 Å². The molecule has 0 amide bonds. The van der Waals surface area contributed by atoms with Gasteiger partial charge in [-0.15, -0.1) is 0 Å². The highest BCUT2D eigenvalue weighted by Crippen LogP contribution is 2.35. The predicted octanol–water partition coefficient (Wildman–Crippen LogP) is 4.32. The maximum absolute atomic E-state index is 9.81. The molecule has 4 heteroatoms. The lowest BCUT2D eigenvalue weighted by atomic mass is 10.1. The van der Waals surface area contributed by atoms with E-state index in [1.165, 1.54) is 11.1 Å². The normalized spacial score (nSPS) is 12.2. The van der Waals surface area contributed by atoms with Crippen LogP contribution in [-0.2, 0) is 6.54 Å². The van der Waals surface area contributed by atoms with Gasteiger partial charge in [-0.3, -0.25) is 0 Å². The van der Waals surface area contributed by atoms with E-state index < -0.39 is 0 Å². The van der Waals surface area contributed by atoms with Gasteiger partial charge >= 0.3 is 0 Å². The molecule has 0 unspecified atom stereocenters. The Hall–Kier alpha value is -1.52. The number of aryl methyl sites for hydroxylation is 1. The highest BCUT2D eigenvalue weighted by molar-refractivity contribution is 9.10. The summed E-state index contributed by atoms with van der Waals surface area (Å²) in [4.78, 5) is 0. The average Bonchev–Trinajstić information content (AvgIpc) is 2.48. The van der Waals surface area contributed by atoms with E-state index in [1.54, 1.807) is 7.11 Å². The Morgan fingerprint density at radius 1 is 1.24 bits per heavy atom. The van der Waals surface area contributed by atoms with Crippen LogP contribution < -0.4 is 10.1 Å². The van der Waals surface area contributed by atoms with E-state index in [1.807, 2.05) is 12.1 Å². The number of halogens is 1. The number of rotatable bonds is 5. The zero-order chi connectivity index (χ0) is 15.4. The molecule has 0 aliphatic heterocycles. The van der Waals surface area contributed by atoms with Gasteiger partial charge in [-0.2, -0.15) is 0 Å². The Bertz CT molecular complexity index is 611. The van der Waals surface area contributed by atoms with Crippen molar-refractivity contribution in [3.8, 4) is 11.5 Å². The molecule has 0 spiro atoms. The first-order valence-electron chi connectivity index (χ1n) is 6.86. The molecule has 0 heterocycles. The predicted molar refractivity (Wildman–Crippen MR) is 88.8 cm³/mol. The molecule has 0 fully saturated rings. The van der Waals surface area contributed by atoms with Crippen LogP contribution in [0.5, 0.6) is 11.5 Å². The molecule has 2 N–H and O–H groups in total. The van der Waals surface area contributed by atoms with Crippen molar-refractivity contribution in [2.75, 3.05) is 7.11 Å². The minimum absolute atomic E-state index is 0.132. The number of nitrogens with one attached hydrogen (secondary N) is 1. The Morgan fingerprint density at radius 2 is 1.90 bits per heavy atom. The van der Waals surface area contributed by atoms with Crippen LogP contribution >= 0.6 is 15.9 Å². The largest absolute Gasteiger partial charge is 0.503 e. The molecule has 2 aromatic rings. The van der Waals surface area contributed by atoms with Crippen molar-refractivity contribution in [1.29, 1.82) is 0 Å². The van der Waals surface area contributed by atoms with Crippen molar-refractivity contribution in [1.82, 2.24) is 5.32 Å². The van der Waals surface area contributed by atoms with Gasteiger partial charge in [0.15, 0.2) is 11.5 Å². The molecule has 2 rings (SSSR count). The summed E-state index contributed by atoms with van der Waals surface area (Å²) in [6.07, 6.45) is 0. The zero-order valence-electron chi connectivity index (χ0n) is 12.5. The summed E-state index contributed by atoms with van der Waals surface area (Å²) in [7, 11) is 1.55. The summed E-state index contributed by atoms with van der Waals surface area (Å²) in [6.45, 7) is 4.92. The second-order valence-corrected chi connectivity index (χ2v) is 6.00. The number of hydrogen-bond donors (Lipinski definition) is 2. The standard InChI is InChI=1S/C17H20BrNO2/c1-11-4-6-14(7-5-11)12(2)19-10-13-8-15(18)17(20)16(9-13)21-3/h4-9,12,19-20H,10H2,1-3H3/t12-/m0/s1. The smallest absolute Gasteiger partial charge is 0.172 e. The van der Waals surface area contributed by atoms with E-state index in [0.717, 1.165) is 5.56 Å². The van der Waals surface area contributed by atoms with Gasteiger partial charge in [0.25, 0.3) is 0 Å². The molecule has 112 valence electrons. The van der Waals surface area contributed by atoms with Crippen LogP contribution in [0.4, 0.5) is 0 Å². The van der Waals surface area contributed by atoms with Gasteiger partial charge in [0.2, 0.25) is 0 Å². The highest BCUT2D eigenvalue weighted by Gasteiger charge is 2.10. The first-order chi connectivity index (χ1) is 10.0. The Kier molecular flexibility index (Phi) is 5.26. The molecule has 0 bridgehead atoms. The van der Waals surface area contributed by atoms with Crippen molar-refractivity contribution in [2.45, 2.75) is 26.4 Å². The summed E-state index contributed by atoms with van der Waals surface area (Å²) >= 11 is 3.34. The molecule has 0 aliphatic carbocycles. The molecule has 0 saturated carbocycles. The maximum Gasteiger partial charge on any atom is 0.172 e. The van der Waals surface area contributed by atoms with Crippen LogP contribution in [0.3, 0.4) is 0 Å². The molecular formula is C17H20BrNO2. The Morgan fingerprint density at radius 3 is 2.52 bits per heavy atom. The quantitative estimate of drug-likeness (QED) is 0.844. The fourth-order valence-corrected chi connectivity index (χ4v) is 2.62. The lowest BCUT2D eigenvalue weighted by Crippen LogP contribution is -2.18. The minimum Gasteiger partial charge on any atom is -0.503 e. The maximum atomic E-state index is 9.81. The second kappa shape index (κ2) is 6.96. The lowest BCUT2D eigenvalue weighted by molar-refractivity contribution is 0.371. The molecule has 0 aliphatic rings. The van der Waals surface area contributed by atoms with Crippen LogP contribution in [0.15, 0.2) is 40.9 Å². The first kappa shape index (κ1) is 15.9. The fraction of sp³-hybridized carbons (Fsp3) is 0.294. The molecule has 3 nitrogen and oxygen atoms in total. The summed E-state index contributed by atoms with van der Waals surface area (Å²) in [6, 6.07) is 12.5. The Balaban J connectivity index is 2.05. The molecule has 0 aromatic heterocycles. The van der Waals surface area contributed by atoms with Crippen LogP contribution in [-0.4, -0.2) is 12.2 Å². The molecule has 0 radical (unpaired) electrons. The van der Waals surface area contributed by atoms with Crippen LogP contribution in [0.1, 0.15) is 29.7 Å². The molecule has 2 aromatic carbocycles. The van der Waals surface area contributed by atoms with Crippen LogP contribution in [0, 0.1) is 6.92 Å². The topological polar surface area (TPSA) is 41.5 Å². The van der Waals surface area contributed by atoms with E-state index in [2.05, 4.69) is 59.4 Å². The highest BCUT2D eigenvalue weighted by atomic mass is 79.9. The van der Waals surface area contributed by atoms with Gasteiger partial charge in [0.1, 0.15) is 0 Å². The number of phenolic OH excluding ortho intramolecular Hbond substituents is 1. The number of benzene rings is 2. The van der Waals surface area contributed by atoms with Gasteiger partial charge in [0, 0.05) is 12.6 Å². The number of ether oxygens (including phenoxy) is 1. The van der Waals surface area contributed by atoms with Gasteiger partial charge in [0.05, 0.1) is 11.6 Å². The average molecular weight is 350 g/mol. The third-order valence-corrected chi connectivity index (χ3v) is 4.10. The van der Waals surface area contributed by atoms with Gasteiger partial charge in [-0.1, -0.05) is 29.8 Å². The third-order valence-electron chi connectivity index (χ3n) is 3.50. The number of methoxy groups -OCH3 is 1. The molecule has 1 atom stereocenters.